The van der Waals surface area contributed by atoms with Crippen molar-refractivity contribution in [2.45, 2.75) is 13.5 Å². The van der Waals surface area contributed by atoms with Crippen LogP contribution in [-0.4, -0.2) is 15.1 Å². The predicted molar refractivity (Wildman–Crippen MR) is 81.3 cm³/mol. The van der Waals surface area contributed by atoms with Crippen molar-refractivity contribution in [2.75, 3.05) is 5.32 Å². The molecule has 3 rings (SSSR count). The first-order valence-corrected chi connectivity index (χ1v) is 6.67. The summed E-state index contributed by atoms with van der Waals surface area (Å²) in [5.74, 6) is 1.13. The van der Waals surface area contributed by atoms with Gasteiger partial charge in [0.2, 0.25) is 0 Å². The zero-order chi connectivity index (χ0) is 14.1. The number of aromatic nitrogens is 2. The lowest BCUT2D eigenvalue weighted by molar-refractivity contribution is 0.469. The van der Waals surface area contributed by atoms with Crippen molar-refractivity contribution in [3.05, 3.63) is 52.8 Å². The summed E-state index contributed by atoms with van der Waals surface area (Å²) in [6.45, 7) is 2.43. The largest absolute Gasteiger partial charge is 0.508 e. The summed E-state index contributed by atoms with van der Waals surface area (Å²) in [4.78, 5) is 7.55. The standard InChI is InChI=1S/C15H14ClN3O/c1-9-18-13-4-3-12(7-14(13)19-9)17-8-10-6-11(16)2-5-15(10)20/h2-7,17,20H,8H2,1H3,(H,18,19). The molecule has 0 atom stereocenters. The first kappa shape index (κ1) is 12.8. The highest BCUT2D eigenvalue weighted by atomic mass is 35.5. The molecule has 0 aliphatic carbocycles. The van der Waals surface area contributed by atoms with Gasteiger partial charge in [0, 0.05) is 22.8 Å². The van der Waals surface area contributed by atoms with Gasteiger partial charge in [-0.2, -0.15) is 0 Å². The number of aromatic amines is 1. The van der Waals surface area contributed by atoms with Gasteiger partial charge in [0.1, 0.15) is 11.6 Å². The van der Waals surface area contributed by atoms with Crippen molar-refractivity contribution < 1.29 is 5.11 Å². The van der Waals surface area contributed by atoms with Crippen molar-refractivity contribution >= 4 is 28.3 Å². The minimum absolute atomic E-state index is 0.236. The van der Waals surface area contributed by atoms with E-state index >= 15 is 0 Å². The number of aromatic hydroxyl groups is 1. The normalized spacial score (nSPS) is 10.9. The maximum absolute atomic E-state index is 9.77. The summed E-state index contributed by atoms with van der Waals surface area (Å²) >= 11 is 5.93. The highest BCUT2D eigenvalue weighted by molar-refractivity contribution is 6.30. The molecule has 3 aromatic rings. The Hall–Kier alpha value is -2.20. The molecule has 0 radical (unpaired) electrons. The SMILES string of the molecule is Cc1nc2ccc(NCc3cc(Cl)ccc3O)cc2[nH]1. The monoisotopic (exact) mass is 287 g/mol. The molecule has 20 heavy (non-hydrogen) atoms. The summed E-state index contributed by atoms with van der Waals surface area (Å²) in [5, 5.41) is 13.6. The number of aryl methyl sites for hydroxylation is 1. The Morgan fingerprint density at radius 1 is 1.25 bits per heavy atom. The fraction of sp³-hybridized carbons (Fsp3) is 0.133. The second-order valence-corrected chi connectivity index (χ2v) is 5.12. The third kappa shape index (κ3) is 2.56. The zero-order valence-corrected chi connectivity index (χ0v) is 11.7. The summed E-state index contributed by atoms with van der Waals surface area (Å²) in [7, 11) is 0. The van der Waals surface area contributed by atoms with Gasteiger partial charge in [0.15, 0.2) is 0 Å². The molecule has 0 saturated carbocycles. The molecule has 1 heterocycles. The molecular weight excluding hydrogens is 274 g/mol. The van der Waals surface area contributed by atoms with E-state index in [1.54, 1.807) is 18.2 Å². The lowest BCUT2D eigenvalue weighted by atomic mass is 10.2. The number of nitrogens with one attached hydrogen (secondary N) is 2. The lowest BCUT2D eigenvalue weighted by Crippen LogP contribution is -1.99. The first-order chi connectivity index (χ1) is 9.61. The van der Waals surface area contributed by atoms with Crippen LogP contribution in [0.25, 0.3) is 11.0 Å². The van der Waals surface area contributed by atoms with Gasteiger partial charge in [0.05, 0.1) is 11.0 Å². The molecule has 102 valence electrons. The van der Waals surface area contributed by atoms with Gasteiger partial charge < -0.3 is 15.4 Å². The number of rotatable bonds is 3. The number of imidazole rings is 1. The Balaban J connectivity index is 1.80. The van der Waals surface area contributed by atoms with E-state index in [1.165, 1.54) is 0 Å². The summed E-state index contributed by atoms with van der Waals surface area (Å²) < 4.78 is 0. The van der Waals surface area contributed by atoms with E-state index in [-0.39, 0.29) is 5.75 Å². The molecule has 3 N–H and O–H groups in total. The van der Waals surface area contributed by atoms with Crippen LogP contribution in [0.3, 0.4) is 0 Å². The van der Waals surface area contributed by atoms with E-state index < -0.39 is 0 Å². The maximum atomic E-state index is 9.77. The van der Waals surface area contributed by atoms with Crippen LogP contribution in [0.1, 0.15) is 11.4 Å². The van der Waals surface area contributed by atoms with Crippen molar-refractivity contribution in [3.8, 4) is 5.75 Å². The fourth-order valence-corrected chi connectivity index (χ4v) is 2.33. The molecule has 0 spiro atoms. The molecular formula is C15H14ClN3O. The quantitative estimate of drug-likeness (QED) is 0.686. The molecule has 4 nitrogen and oxygen atoms in total. The van der Waals surface area contributed by atoms with Crippen LogP contribution < -0.4 is 5.32 Å². The molecule has 0 fully saturated rings. The van der Waals surface area contributed by atoms with E-state index in [0.29, 0.717) is 11.6 Å². The van der Waals surface area contributed by atoms with Crippen molar-refractivity contribution in [3.63, 3.8) is 0 Å². The van der Waals surface area contributed by atoms with Crippen molar-refractivity contribution in [1.29, 1.82) is 0 Å². The molecule has 0 bridgehead atoms. The van der Waals surface area contributed by atoms with E-state index in [2.05, 4.69) is 15.3 Å². The third-order valence-corrected chi connectivity index (χ3v) is 3.36. The number of halogens is 1. The number of fused-ring (bicyclic) bond motifs is 1. The number of H-pyrrole nitrogens is 1. The second kappa shape index (κ2) is 5.06. The van der Waals surface area contributed by atoms with E-state index in [4.69, 9.17) is 11.6 Å². The molecule has 0 unspecified atom stereocenters. The molecule has 0 saturated heterocycles. The smallest absolute Gasteiger partial charge is 0.120 e. The van der Waals surface area contributed by atoms with Crippen LogP contribution in [0.15, 0.2) is 36.4 Å². The van der Waals surface area contributed by atoms with E-state index in [0.717, 1.165) is 28.1 Å². The number of benzene rings is 2. The Labute approximate surface area is 121 Å². The van der Waals surface area contributed by atoms with Gasteiger partial charge in [0.25, 0.3) is 0 Å². The van der Waals surface area contributed by atoms with Gasteiger partial charge >= 0.3 is 0 Å². The predicted octanol–water partition coefficient (Wildman–Crippen LogP) is 3.84. The molecule has 2 aromatic carbocycles. The summed E-state index contributed by atoms with van der Waals surface area (Å²) in [6, 6.07) is 10.9. The van der Waals surface area contributed by atoms with E-state index in [9.17, 15) is 5.11 Å². The van der Waals surface area contributed by atoms with Crippen LogP contribution in [0.5, 0.6) is 5.75 Å². The Bertz CT molecular complexity index is 767. The summed E-state index contributed by atoms with van der Waals surface area (Å²) in [5.41, 5.74) is 3.65. The summed E-state index contributed by atoms with van der Waals surface area (Å²) in [6.07, 6.45) is 0. The number of phenolic OH excluding ortho intramolecular Hbond substituents is 1. The molecule has 0 aliphatic rings. The van der Waals surface area contributed by atoms with Gasteiger partial charge in [-0.1, -0.05) is 11.6 Å². The average molecular weight is 288 g/mol. The average Bonchev–Trinajstić information content (AvgIpc) is 2.79. The zero-order valence-electron chi connectivity index (χ0n) is 10.9. The first-order valence-electron chi connectivity index (χ1n) is 6.29. The Morgan fingerprint density at radius 2 is 2.10 bits per heavy atom. The van der Waals surface area contributed by atoms with Crippen molar-refractivity contribution in [1.82, 2.24) is 9.97 Å². The second-order valence-electron chi connectivity index (χ2n) is 4.68. The number of nitrogens with zero attached hydrogens (tertiary/aromatic N) is 1. The van der Waals surface area contributed by atoms with Crippen LogP contribution >= 0.6 is 11.6 Å². The van der Waals surface area contributed by atoms with Gasteiger partial charge in [-0.15, -0.1) is 0 Å². The lowest BCUT2D eigenvalue weighted by Gasteiger charge is -2.08. The third-order valence-electron chi connectivity index (χ3n) is 3.12. The number of hydrogen-bond acceptors (Lipinski definition) is 3. The fourth-order valence-electron chi connectivity index (χ4n) is 2.14. The van der Waals surface area contributed by atoms with Gasteiger partial charge in [-0.25, -0.2) is 4.98 Å². The Morgan fingerprint density at radius 3 is 2.95 bits per heavy atom. The van der Waals surface area contributed by atoms with Crippen LogP contribution in [0.4, 0.5) is 5.69 Å². The molecule has 0 amide bonds. The minimum Gasteiger partial charge on any atom is -0.508 e. The van der Waals surface area contributed by atoms with Crippen LogP contribution in [0.2, 0.25) is 5.02 Å². The van der Waals surface area contributed by atoms with Gasteiger partial charge in [-0.05, 0) is 43.3 Å². The number of phenols is 1. The number of anilines is 1. The number of hydrogen-bond donors (Lipinski definition) is 3. The topological polar surface area (TPSA) is 60.9 Å². The minimum atomic E-state index is 0.236. The highest BCUT2D eigenvalue weighted by Crippen LogP contribution is 2.23. The van der Waals surface area contributed by atoms with Crippen molar-refractivity contribution in [2.24, 2.45) is 0 Å². The molecule has 1 aromatic heterocycles. The molecule has 5 heteroatoms. The van der Waals surface area contributed by atoms with Crippen LogP contribution in [0, 0.1) is 6.92 Å². The maximum Gasteiger partial charge on any atom is 0.120 e. The van der Waals surface area contributed by atoms with Gasteiger partial charge in [-0.3, -0.25) is 0 Å². The van der Waals surface area contributed by atoms with Crippen LogP contribution in [-0.2, 0) is 6.54 Å². The highest BCUT2D eigenvalue weighted by Gasteiger charge is 2.04. The Kier molecular flexibility index (Phi) is 3.24. The van der Waals surface area contributed by atoms with E-state index in [1.807, 2.05) is 25.1 Å². The molecule has 0 aliphatic heterocycles.